The van der Waals surface area contributed by atoms with Gasteiger partial charge in [0.15, 0.2) is 11.3 Å². The Morgan fingerprint density at radius 1 is 1.12 bits per heavy atom. The number of aryl methyl sites for hydroxylation is 1. The zero-order chi connectivity index (χ0) is 23.1. The minimum Gasteiger partial charge on any atom is -0.322 e. The molecule has 1 aromatic carbocycles. The van der Waals surface area contributed by atoms with Crippen molar-refractivity contribution in [3.05, 3.63) is 88.2 Å². The topological polar surface area (TPSA) is 99.1 Å². The monoisotopic (exact) mass is 441 g/mol. The second-order valence-electron chi connectivity index (χ2n) is 8.25. The Morgan fingerprint density at radius 2 is 1.97 bits per heavy atom. The first-order valence-corrected chi connectivity index (χ1v) is 10.7. The summed E-state index contributed by atoms with van der Waals surface area (Å²) >= 11 is 0. The van der Waals surface area contributed by atoms with Gasteiger partial charge in [-0.1, -0.05) is 18.2 Å². The third-order valence-electron chi connectivity index (χ3n) is 5.43. The average molecular weight is 441 g/mol. The zero-order valence-electron chi connectivity index (χ0n) is 18.6. The molecular weight excluding hydrogens is 418 g/mol. The van der Waals surface area contributed by atoms with Crippen LogP contribution in [0.1, 0.15) is 41.5 Å². The van der Waals surface area contributed by atoms with E-state index in [0.29, 0.717) is 34.5 Å². The number of rotatable bonds is 5. The first kappa shape index (κ1) is 20.6. The molecule has 0 saturated heterocycles. The van der Waals surface area contributed by atoms with Crippen LogP contribution in [0.5, 0.6) is 0 Å². The minimum atomic E-state index is -0.240. The highest BCUT2D eigenvalue weighted by molar-refractivity contribution is 6.12. The lowest BCUT2D eigenvalue weighted by Gasteiger charge is -2.10. The van der Waals surface area contributed by atoms with Gasteiger partial charge >= 0.3 is 5.69 Å². The van der Waals surface area contributed by atoms with Crippen molar-refractivity contribution in [3.8, 4) is 0 Å². The lowest BCUT2D eigenvalue weighted by Crippen LogP contribution is -2.21. The number of carbonyl (C=O) groups is 1. The molecule has 0 saturated carbocycles. The number of anilines is 1. The predicted octanol–water partition coefficient (Wildman–Crippen LogP) is 3.43. The molecule has 0 atom stereocenters. The van der Waals surface area contributed by atoms with Gasteiger partial charge in [-0.15, -0.1) is 5.10 Å². The number of nitrogens with zero attached hydrogens (tertiary/aromatic N) is 6. The Balaban J connectivity index is 1.43. The molecule has 0 bridgehead atoms. The summed E-state index contributed by atoms with van der Waals surface area (Å²) in [4.78, 5) is 30.3. The highest BCUT2D eigenvalue weighted by atomic mass is 16.2. The normalized spacial score (nSPS) is 11.5. The van der Waals surface area contributed by atoms with Crippen molar-refractivity contribution in [2.75, 3.05) is 5.32 Å². The summed E-state index contributed by atoms with van der Waals surface area (Å²) in [5, 5.41) is 12.4. The van der Waals surface area contributed by atoms with Crippen LogP contribution in [-0.2, 0) is 6.54 Å². The summed E-state index contributed by atoms with van der Waals surface area (Å²) in [6.45, 7) is 6.21. The van der Waals surface area contributed by atoms with E-state index in [1.54, 1.807) is 30.6 Å². The van der Waals surface area contributed by atoms with Crippen LogP contribution in [0.25, 0.3) is 16.7 Å². The number of carbonyl (C=O) groups excluding carboxylic acids is 1. The number of fused-ring (bicyclic) bond motifs is 2. The van der Waals surface area contributed by atoms with Crippen LogP contribution >= 0.6 is 0 Å². The van der Waals surface area contributed by atoms with Gasteiger partial charge in [-0.3, -0.25) is 9.20 Å². The molecule has 0 aliphatic rings. The van der Waals surface area contributed by atoms with Crippen molar-refractivity contribution in [3.63, 3.8) is 0 Å². The largest absolute Gasteiger partial charge is 0.350 e. The fourth-order valence-corrected chi connectivity index (χ4v) is 3.90. The Kier molecular flexibility index (Phi) is 5.01. The summed E-state index contributed by atoms with van der Waals surface area (Å²) in [7, 11) is 0. The van der Waals surface area contributed by atoms with Crippen molar-refractivity contribution in [1.82, 2.24) is 28.9 Å². The third-order valence-corrected chi connectivity index (χ3v) is 5.43. The number of nitrogens with one attached hydrogen (secondary N) is 1. The molecule has 0 spiro atoms. The van der Waals surface area contributed by atoms with E-state index in [9.17, 15) is 9.59 Å². The molecule has 4 aromatic heterocycles. The van der Waals surface area contributed by atoms with Crippen LogP contribution < -0.4 is 11.0 Å². The third kappa shape index (κ3) is 3.78. The molecular formula is C24H23N7O2. The van der Waals surface area contributed by atoms with E-state index < -0.39 is 0 Å². The highest BCUT2D eigenvalue weighted by Crippen LogP contribution is 2.22. The lowest BCUT2D eigenvalue weighted by molar-refractivity contribution is 0.102. The van der Waals surface area contributed by atoms with Gasteiger partial charge in [-0.2, -0.15) is 5.10 Å². The molecule has 9 heteroatoms. The molecule has 0 aliphatic carbocycles. The lowest BCUT2D eigenvalue weighted by atomic mass is 10.1. The van der Waals surface area contributed by atoms with E-state index in [-0.39, 0.29) is 17.6 Å². The zero-order valence-corrected chi connectivity index (χ0v) is 18.6. The molecule has 0 aliphatic heterocycles. The fourth-order valence-electron chi connectivity index (χ4n) is 3.90. The maximum atomic E-state index is 13.2. The van der Waals surface area contributed by atoms with Crippen molar-refractivity contribution < 1.29 is 4.79 Å². The van der Waals surface area contributed by atoms with Gasteiger partial charge in [0.25, 0.3) is 5.91 Å². The van der Waals surface area contributed by atoms with Gasteiger partial charge in [0, 0.05) is 23.6 Å². The van der Waals surface area contributed by atoms with Gasteiger partial charge < -0.3 is 5.32 Å². The van der Waals surface area contributed by atoms with Crippen molar-refractivity contribution >= 4 is 28.3 Å². The van der Waals surface area contributed by atoms with Crippen LogP contribution in [-0.4, -0.2) is 34.9 Å². The van der Waals surface area contributed by atoms with E-state index in [4.69, 9.17) is 0 Å². The van der Waals surface area contributed by atoms with Crippen LogP contribution in [0.2, 0.25) is 0 Å². The van der Waals surface area contributed by atoms with Gasteiger partial charge in [0.05, 0.1) is 23.7 Å². The number of hydrogen-bond acceptors (Lipinski definition) is 5. The second-order valence-corrected chi connectivity index (χ2v) is 8.25. The molecule has 5 aromatic rings. The van der Waals surface area contributed by atoms with Crippen LogP contribution in [0, 0.1) is 6.92 Å². The molecule has 5 rings (SSSR count). The van der Waals surface area contributed by atoms with Gasteiger partial charge in [0.1, 0.15) is 0 Å². The average Bonchev–Trinajstić information content (AvgIpc) is 3.35. The summed E-state index contributed by atoms with van der Waals surface area (Å²) in [6.07, 6.45) is 3.37. The number of aromatic nitrogens is 6. The maximum Gasteiger partial charge on any atom is 0.350 e. The first-order valence-electron chi connectivity index (χ1n) is 10.7. The Bertz CT molecular complexity index is 1560. The fraction of sp³-hybridized carbons (Fsp3) is 0.208. The SMILES string of the molecule is Cc1cc(C(=O)Nc2cccc(Cn3nc4ccccn4c3=O)c2)c2cnn(C(C)C)c2n1. The summed E-state index contributed by atoms with van der Waals surface area (Å²) in [5.41, 5.74) is 3.81. The molecule has 9 nitrogen and oxygen atoms in total. The van der Waals surface area contributed by atoms with Crippen molar-refractivity contribution in [2.45, 2.75) is 33.4 Å². The second kappa shape index (κ2) is 8.01. The number of benzene rings is 1. The summed E-state index contributed by atoms with van der Waals surface area (Å²) in [6, 6.07) is 14.7. The van der Waals surface area contributed by atoms with E-state index in [2.05, 4.69) is 20.5 Å². The quantitative estimate of drug-likeness (QED) is 0.451. The number of pyridine rings is 2. The van der Waals surface area contributed by atoms with Gasteiger partial charge in [-0.25, -0.2) is 19.1 Å². The van der Waals surface area contributed by atoms with E-state index in [1.807, 2.05) is 55.8 Å². The molecule has 0 unspecified atom stereocenters. The first-order chi connectivity index (χ1) is 15.9. The minimum absolute atomic E-state index is 0.132. The van der Waals surface area contributed by atoms with E-state index in [0.717, 1.165) is 11.3 Å². The molecule has 33 heavy (non-hydrogen) atoms. The van der Waals surface area contributed by atoms with Crippen LogP contribution in [0.3, 0.4) is 0 Å². The molecule has 0 radical (unpaired) electrons. The van der Waals surface area contributed by atoms with Crippen molar-refractivity contribution in [2.24, 2.45) is 0 Å². The van der Waals surface area contributed by atoms with E-state index in [1.165, 1.54) is 9.08 Å². The standard InChI is InChI=1S/C24H23N7O2/c1-15(2)31-22-20(13-25-31)19(11-16(3)26-22)23(32)27-18-8-6-7-17(12-18)14-30-24(33)29-10-5-4-9-21(29)28-30/h4-13,15H,14H2,1-3H3,(H,27,32). The van der Waals surface area contributed by atoms with Crippen LogP contribution in [0.4, 0.5) is 5.69 Å². The molecule has 4 heterocycles. The Hall–Kier alpha value is -4.27. The number of hydrogen-bond donors (Lipinski definition) is 1. The van der Waals surface area contributed by atoms with E-state index >= 15 is 0 Å². The van der Waals surface area contributed by atoms with Crippen LogP contribution in [0.15, 0.2) is 65.7 Å². The molecule has 166 valence electrons. The summed E-state index contributed by atoms with van der Waals surface area (Å²) < 4.78 is 4.72. The van der Waals surface area contributed by atoms with Crippen molar-refractivity contribution in [1.29, 1.82) is 0 Å². The van der Waals surface area contributed by atoms with Gasteiger partial charge in [-0.05, 0) is 56.7 Å². The van der Waals surface area contributed by atoms with Gasteiger partial charge in [0.2, 0.25) is 0 Å². The number of amides is 1. The molecule has 1 N–H and O–H groups in total. The summed E-state index contributed by atoms with van der Waals surface area (Å²) in [5.74, 6) is -0.240. The highest BCUT2D eigenvalue weighted by Gasteiger charge is 2.17. The molecule has 0 fully saturated rings. The Morgan fingerprint density at radius 3 is 2.76 bits per heavy atom. The predicted molar refractivity (Wildman–Crippen MR) is 126 cm³/mol. The molecule has 1 amide bonds. The maximum absolute atomic E-state index is 13.2. The smallest absolute Gasteiger partial charge is 0.322 e. The Labute approximate surface area is 189 Å².